The van der Waals surface area contributed by atoms with Crippen molar-refractivity contribution in [2.75, 3.05) is 12.4 Å². The fourth-order valence-corrected chi connectivity index (χ4v) is 4.29. The van der Waals surface area contributed by atoms with Gasteiger partial charge in [-0.2, -0.15) is 5.10 Å². The van der Waals surface area contributed by atoms with Gasteiger partial charge in [0.25, 0.3) is 5.91 Å². The Balaban J connectivity index is 1.47. The minimum atomic E-state index is -0.294. The number of nitrogens with one attached hydrogen (secondary N) is 2. The van der Waals surface area contributed by atoms with Gasteiger partial charge in [-0.15, -0.1) is 11.3 Å². The molecule has 1 amide bonds. The molecule has 0 aliphatic heterocycles. The van der Waals surface area contributed by atoms with Crippen molar-refractivity contribution >= 4 is 23.1 Å². The number of nitrogens with zero attached hydrogens (tertiary/aromatic N) is 2. The molecule has 0 radical (unpaired) electrons. The van der Waals surface area contributed by atoms with E-state index in [1.807, 2.05) is 60.7 Å². The number of para-hydroxylation sites is 1. The second kappa shape index (κ2) is 8.52. The monoisotopic (exact) mass is 442 g/mol. The van der Waals surface area contributed by atoms with Gasteiger partial charge in [-0.05, 0) is 24.3 Å². The number of thiazole rings is 1. The summed E-state index contributed by atoms with van der Waals surface area (Å²) >= 11 is 1.27. The van der Waals surface area contributed by atoms with E-state index >= 15 is 0 Å². The van der Waals surface area contributed by atoms with Crippen LogP contribution in [-0.4, -0.2) is 28.2 Å². The van der Waals surface area contributed by atoms with Crippen LogP contribution in [0, 0.1) is 0 Å². The van der Waals surface area contributed by atoms with Gasteiger partial charge in [-0.25, -0.2) is 4.98 Å². The number of amides is 1. The highest BCUT2D eigenvalue weighted by Crippen LogP contribution is 2.35. The molecule has 7 nitrogen and oxygen atoms in total. The van der Waals surface area contributed by atoms with Gasteiger partial charge in [0.15, 0.2) is 16.6 Å². The summed E-state index contributed by atoms with van der Waals surface area (Å²) in [4.78, 5) is 18.4. The molecule has 32 heavy (non-hydrogen) atoms. The molecule has 3 heterocycles. The first-order valence-corrected chi connectivity index (χ1v) is 10.6. The van der Waals surface area contributed by atoms with Gasteiger partial charge >= 0.3 is 0 Å². The molecule has 2 N–H and O–H groups in total. The van der Waals surface area contributed by atoms with Gasteiger partial charge in [0.05, 0.1) is 24.8 Å². The zero-order valence-corrected chi connectivity index (χ0v) is 17.8. The number of furan rings is 1. The van der Waals surface area contributed by atoms with Crippen LogP contribution in [0.25, 0.3) is 33.3 Å². The number of rotatable bonds is 6. The van der Waals surface area contributed by atoms with Crippen molar-refractivity contribution in [3.05, 3.63) is 83.9 Å². The summed E-state index contributed by atoms with van der Waals surface area (Å²) in [6.45, 7) is 0. The maximum absolute atomic E-state index is 13.2. The van der Waals surface area contributed by atoms with E-state index in [0.29, 0.717) is 32.9 Å². The number of hydrogen-bond acceptors (Lipinski definition) is 6. The lowest BCUT2D eigenvalue weighted by Crippen LogP contribution is -2.11. The molecule has 0 bridgehead atoms. The van der Waals surface area contributed by atoms with Crippen LogP contribution in [0.4, 0.5) is 5.82 Å². The molecule has 0 atom stereocenters. The molecular weight excluding hydrogens is 424 g/mol. The predicted molar refractivity (Wildman–Crippen MR) is 124 cm³/mol. The summed E-state index contributed by atoms with van der Waals surface area (Å²) in [7, 11) is 1.61. The van der Waals surface area contributed by atoms with E-state index in [0.717, 1.165) is 16.8 Å². The molecule has 0 unspecified atom stereocenters. The first kappa shape index (κ1) is 19.8. The summed E-state index contributed by atoms with van der Waals surface area (Å²) in [5, 5.41) is 10.7. The Labute approximate surface area is 187 Å². The molecule has 3 aromatic heterocycles. The summed E-state index contributed by atoms with van der Waals surface area (Å²) in [5.41, 5.74) is 3.04. The molecule has 2 aromatic carbocycles. The zero-order valence-electron chi connectivity index (χ0n) is 17.0. The lowest BCUT2D eigenvalue weighted by molar-refractivity contribution is 0.103. The second-order valence-corrected chi connectivity index (χ2v) is 7.86. The number of aromatic amines is 1. The molecular formula is C24H18N4O3S. The van der Waals surface area contributed by atoms with Gasteiger partial charge in [0.1, 0.15) is 10.6 Å². The van der Waals surface area contributed by atoms with E-state index in [4.69, 9.17) is 9.15 Å². The summed E-state index contributed by atoms with van der Waals surface area (Å²) in [6, 6.07) is 22.6. The van der Waals surface area contributed by atoms with E-state index < -0.39 is 0 Å². The highest BCUT2D eigenvalue weighted by molar-refractivity contribution is 7.17. The molecule has 5 rings (SSSR count). The van der Waals surface area contributed by atoms with Crippen LogP contribution in [0.5, 0.6) is 5.75 Å². The summed E-state index contributed by atoms with van der Waals surface area (Å²) < 4.78 is 10.9. The van der Waals surface area contributed by atoms with Gasteiger partial charge in [-0.1, -0.05) is 42.5 Å². The highest BCUT2D eigenvalue weighted by atomic mass is 32.1. The van der Waals surface area contributed by atoms with Crippen molar-refractivity contribution in [1.29, 1.82) is 0 Å². The van der Waals surface area contributed by atoms with Gasteiger partial charge in [0, 0.05) is 17.2 Å². The molecule has 0 aliphatic rings. The van der Waals surface area contributed by atoms with Crippen LogP contribution in [0.1, 0.15) is 9.67 Å². The van der Waals surface area contributed by atoms with Gasteiger partial charge in [-0.3, -0.25) is 9.89 Å². The number of ether oxygens (including phenoxy) is 1. The fourth-order valence-electron chi connectivity index (χ4n) is 3.34. The standard InChI is InChI=1S/C24H18N4O3S/c1-30-18-11-6-5-10-16(18)17-14-20(28-27-17)25-23(29)22-21(15-8-3-2-4-9-15)26-24(32-22)19-12-7-13-31-19/h2-14H,1H3,(H2,25,27,28,29). The summed E-state index contributed by atoms with van der Waals surface area (Å²) in [6.07, 6.45) is 1.59. The second-order valence-electron chi connectivity index (χ2n) is 6.86. The molecule has 158 valence electrons. The third-order valence-corrected chi connectivity index (χ3v) is 5.90. The van der Waals surface area contributed by atoms with E-state index in [1.165, 1.54) is 11.3 Å². The number of carbonyl (C=O) groups is 1. The van der Waals surface area contributed by atoms with Crippen molar-refractivity contribution in [2.24, 2.45) is 0 Å². The van der Waals surface area contributed by atoms with Crippen molar-refractivity contribution in [3.63, 3.8) is 0 Å². The number of aromatic nitrogens is 3. The first-order valence-electron chi connectivity index (χ1n) is 9.83. The molecule has 0 saturated carbocycles. The maximum Gasteiger partial charge on any atom is 0.269 e. The minimum absolute atomic E-state index is 0.294. The third-order valence-electron chi connectivity index (χ3n) is 4.83. The van der Waals surface area contributed by atoms with Crippen molar-refractivity contribution in [2.45, 2.75) is 0 Å². The van der Waals surface area contributed by atoms with Gasteiger partial charge < -0.3 is 14.5 Å². The van der Waals surface area contributed by atoms with Crippen LogP contribution >= 0.6 is 11.3 Å². The topological polar surface area (TPSA) is 93.0 Å². The molecule has 5 aromatic rings. The van der Waals surface area contributed by atoms with Crippen LogP contribution in [0.15, 0.2) is 83.5 Å². The fraction of sp³-hybridized carbons (Fsp3) is 0.0417. The van der Waals surface area contributed by atoms with Crippen LogP contribution in [-0.2, 0) is 0 Å². The smallest absolute Gasteiger partial charge is 0.269 e. The van der Waals surface area contributed by atoms with E-state index in [-0.39, 0.29) is 5.91 Å². The Hall–Kier alpha value is -4.17. The highest BCUT2D eigenvalue weighted by Gasteiger charge is 2.22. The number of anilines is 1. The molecule has 0 aliphatic carbocycles. The molecule has 0 fully saturated rings. The lowest BCUT2D eigenvalue weighted by atomic mass is 10.1. The van der Waals surface area contributed by atoms with E-state index in [2.05, 4.69) is 20.5 Å². The van der Waals surface area contributed by atoms with Gasteiger partial charge in [0.2, 0.25) is 0 Å². The number of benzene rings is 2. The SMILES string of the molecule is COc1ccccc1-c1cc(NC(=O)c2sc(-c3ccco3)nc2-c2ccccc2)n[nH]1. The molecule has 0 saturated heterocycles. The van der Waals surface area contributed by atoms with Crippen LogP contribution in [0.3, 0.4) is 0 Å². The Kier molecular flexibility index (Phi) is 5.27. The van der Waals surface area contributed by atoms with Crippen molar-refractivity contribution in [3.8, 4) is 39.0 Å². The third kappa shape index (κ3) is 3.79. The number of hydrogen-bond donors (Lipinski definition) is 2. The van der Waals surface area contributed by atoms with Crippen LogP contribution < -0.4 is 10.1 Å². The number of methoxy groups -OCH3 is 1. The van der Waals surface area contributed by atoms with Crippen molar-refractivity contribution in [1.82, 2.24) is 15.2 Å². The predicted octanol–water partition coefficient (Wildman–Crippen LogP) is 5.72. The molecule has 8 heteroatoms. The minimum Gasteiger partial charge on any atom is -0.496 e. The lowest BCUT2D eigenvalue weighted by Gasteiger charge is -2.05. The maximum atomic E-state index is 13.2. The zero-order chi connectivity index (χ0) is 21.9. The first-order chi connectivity index (χ1) is 15.7. The average Bonchev–Trinajstić information content (AvgIpc) is 3.60. The summed E-state index contributed by atoms with van der Waals surface area (Å²) in [5.74, 6) is 1.44. The Bertz CT molecular complexity index is 1360. The van der Waals surface area contributed by atoms with Crippen molar-refractivity contribution < 1.29 is 13.9 Å². The Morgan fingerprint density at radius 3 is 2.66 bits per heavy atom. The van der Waals surface area contributed by atoms with E-state index in [1.54, 1.807) is 25.5 Å². The van der Waals surface area contributed by atoms with Crippen LogP contribution in [0.2, 0.25) is 0 Å². The normalized spacial score (nSPS) is 10.8. The molecule has 0 spiro atoms. The van der Waals surface area contributed by atoms with E-state index in [9.17, 15) is 4.79 Å². The largest absolute Gasteiger partial charge is 0.496 e. The quantitative estimate of drug-likeness (QED) is 0.351. The Morgan fingerprint density at radius 1 is 1.06 bits per heavy atom. The number of H-pyrrole nitrogens is 1. The number of carbonyl (C=O) groups excluding carboxylic acids is 1. The Morgan fingerprint density at radius 2 is 1.88 bits per heavy atom. The average molecular weight is 443 g/mol.